The normalized spacial score (nSPS) is 15.9. The molecule has 4 amide bonds. The molecule has 2 aliphatic heterocycles. The van der Waals surface area contributed by atoms with Gasteiger partial charge in [0.05, 0.1) is 47.6 Å². The first kappa shape index (κ1) is 19.0. The van der Waals surface area contributed by atoms with E-state index in [-0.39, 0.29) is 43.4 Å². The fourth-order valence-corrected chi connectivity index (χ4v) is 3.72. The Morgan fingerprint density at radius 3 is 1.59 bits per heavy atom. The number of benzene rings is 2. The van der Waals surface area contributed by atoms with Crippen molar-refractivity contribution in [3.05, 3.63) is 70.8 Å². The van der Waals surface area contributed by atoms with Crippen LogP contribution in [-0.2, 0) is 4.74 Å². The Morgan fingerprint density at radius 2 is 1.14 bits per heavy atom. The number of nitrogens with zero attached hydrogens (tertiary/aromatic N) is 2. The minimum absolute atomic E-state index is 0.0850. The molecule has 0 fully saturated rings. The molecule has 2 heterocycles. The van der Waals surface area contributed by atoms with Gasteiger partial charge in [-0.15, -0.1) is 0 Å². The van der Waals surface area contributed by atoms with Crippen LogP contribution in [0.5, 0.6) is 0 Å². The summed E-state index contributed by atoms with van der Waals surface area (Å²) < 4.78 is 5.67. The number of hydrogen-bond acceptors (Lipinski definition) is 5. The van der Waals surface area contributed by atoms with E-state index in [0.717, 1.165) is 4.90 Å². The third-order valence-corrected chi connectivity index (χ3v) is 5.19. The molecule has 7 heteroatoms. The standard InChI is InChI=1S/C22H20N2O5/c1-22(2,24-20(27)16-9-5-6-10-17(16)21(24)28)13-29-12-11-23-18(25)14-7-3-4-8-15(14)19(23)26/h3-10H,11-13H2,1-2H3. The topological polar surface area (TPSA) is 84.0 Å². The van der Waals surface area contributed by atoms with Gasteiger partial charge in [0.15, 0.2) is 0 Å². The molecule has 148 valence electrons. The molecule has 29 heavy (non-hydrogen) atoms. The van der Waals surface area contributed by atoms with Crippen LogP contribution in [0, 0.1) is 0 Å². The van der Waals surface area contributed by atoms with Gasteiger partial charge in [-0.2, -0.15) is 0 Å². The summed E-state index contributed by atoms with van der Waals surface area (Å²) in [5, 5.41) is 0. The van der Waals surface area contributed by atoms with Crippen molar-refractivity contribution in [1.82, 2.24) is 9.80 Å². The van der Waals surface area contributed by atoms with Crippen LogP contribution in [0.3, 0.4) is 0 Å². The summed E-state index contributed by atoms with van der Waals surface area (Å²) in [6.45, 7) is 3.79. The highest BCUT2D eigenvalue weighted by Crippen LogP contribution is 2.29. The van der Waals surface area contributed by atoms with Gasteiger partial charge >= 0.3 is 0 Å². The van der Waals surface area contributed by atoms with E-state index >= 15 is 0 Å². The highest BCUT2D eigenvalue weighted by atomic mass is 16.5. The molecule has 7 nitrogen and oxygen atoms in total. The second-order valence-electron chi connectivity index (χ2n) is 7.66. The molecule has 2 aromatic carbocycles. The first-order valence-corrected chi connectivity index (χ1v) is 9.34. The van der Waals surface area contributed by atoms with Crippen molar-refractivity contribution in [2.75, 3.05) is 19.8 Å². The molecule has 2 aliphatic rings. The van der Waals surface area contributed by atoms with Gasteiger partial charge < -0.3 is 4.74 Å². The van der Waals surface area contributed by atoms with Crippen molar-refractivity contribution in [2.24, 2.45) is 0 Å². The summed E-state index contributed by atoms with van der Waals surface area (Å²) >= 11 is 0. The number of fused-ring (bicyclic) bond motifs is 2. The SMILES string of the molecule is CC(C)(COCCN1C(=O)c2ccccc2C1=O)N1C(=O)c2ccccc2C1=O. The van der Waals surface area contributed by atoms with E-state index < -0.39 is 5.54 Å². The van der Waals surface area contributed by atoms with Crippen LogP contribution >= 0.6 is 0 Å². The quantitative estimate of drug-likeness (QED) is 0.557. The fraction of sp³-hybridized carbons (Fsp3) is 0.273. The lowest BCUT2D eigenvalue weighted by Crippen LogP contribution is -2.50. The molecule has 0 aromatic heterocycles. The number of imide groups is 2. The molecule has 0 saturated heterocycles. The number of carbonyl (C=O) groups is 4. The van der Waals surface area contributed by atoms with Crippen LogP contribution in [0.25, 0.3) is 0 Å². The molecule has 0 bridgehead atoms. The average Bonchev–Trinajstić information content (AvgIpc) is 3.11. The molecule has 0 aliphatic carbocycles. The summed E-state index contributed by atoms with van der Waals surface area (Å²) in [6, 6.07) is 13.4. The van der Waals surface area contributed by atoms with E-state index in [4.69, 9.17) is 4.74 Å². The van der Waals surface area contributed by atoms with Gasteiger partial charge in [0.1, 0.15) is 0 Å². The Morgan fingerprint density at radius 1 is 0.724 bits per heavy atom. The second kappa shape index (κ2) is 6.93. The van der Waals surface area contributed by atoms with Crippen LogP contribution in [-0.4, -0.2) is 58.7 Å². The highest BCUT2D eigenvalue weighted by molar-refractivity contribution is 6.22. The largest absolute Gasteiger partial charge is 0.377 e. The van der Waals surface area contributed by atoms with Crippen molar-refractivity contribution in [1.29, 1.82) is 0 Å². The summed E-state index contributed by atoms with van der Waals surface area (Å²) in [6.07, 6.45) is 0. The van der Waals surface area contributed by atoms with Gasteiger partial charge in [0, 0.05) is 0 Å². The number of hydrogen-bond donors (Lipinski definition) is 0. The van der Waals surface area contributed by atoms with E-state index in [0.29, 0.717) is 22.3 Å². The van der Waals surface area contributed by atoms with Gasteiger partial charge in [0.25, 0.3) is 23.6 Å². The Bertz CT molecular complexity index is 973. The summed E-state index contributed by atoms with van der Waals surface area (Å²) in [5.41, 5.74) is 0.677. The molecule has 0 unspecified atom stereocenters. The number of amides is 4. The van der Waals surface area contributed by atoms with Crippen LogP contribution in [0.15, 0.2) is 48.5 Å². The first-order valence-electron chi connectivity index (χ1n) is 9.34. The maximum absolute atomic E-state index is 12.7. The zero-order valence-electron chi connectivity index (χ0n) is 16.2. The van der Waals surface area contributed by atoms with E-state index in [1.165, 1.54) is 4.90 Å². The Labute approximate surface area is 167 Å². The van der Waals surface area contributed by atoms with Crippen molar-refractivity contribution in [3.63, 3.8) is 0 Å². The maximum Gasteiger partial charge on any atom is 0.262 e. The average molecular weight is 392 g/mol. The fourth-order valence-electron chi connectivity index (χ4n) is 3.72. The minimum atomic E-state index is -0.880. The lowest BCUT2D eigenvalue weighted by Gasteiger charge is -2.33. The predicted molar refractivity (Wildman–Crippen MR) is 104 cm³/mol. The van der Waals surface area contributed by atoms with Crippen molar-refractivity contribution >= 4 is 23.6 Å². The number of carbonyl (C=O) groups excluding carboxylic acids is 4. The van der Waals surface area contributed by atoms with E-state index in [9.17, 15) is 19.2 Å². The van der Waals surface area contributed by atoms with E-state index in [2.05, 4.69) is 0 Å². The zero-order valence-corrected chi connectivity index (χ0v) is 16.2. The molecule has 0 N–H and O–H groups in total. The highest BCUT2D eigenvalue weighted by Gasteiger charge is 2.44. The van der Waals surface area contributed by atoms with E-state index in [1.807, 2.05) is 0 Å². The molecule has 0 atom stereocenters. The van der Waals surface area contributed by atoms with Crippen LogP contribution in [0.4, 0.5) is 0 Å². The van der Waals surface area contributed by atoms with Gasteiger partial charge in [-0.1, -0.05) is 24.3 Å². The third kappa shape index (κ3) is 3.03. The Balaban J connectivity index is 1.37. The summed E-state index contributed by atoms with van der Waals surface area (Å²) in [4.78, 5) is 52.4. The lowest BCUT2D eigenvalue weighted by atomic mass is 10.0. The Hall–Kier alpha value is -3.32. The van der Waals surface area contributed by atoms with Gasteiger partial charge in [-0.3, -0.25) is 29.0 Å². The lowest BCUT2D eigenvalue weighted by molar-refractivity contribution is 0.0129. The van der Waals surface area contributed by atoms with Crippen molar-refractivity contribution < 1.29 is 23.9 Å². The zero-order chi connectivity index (χ0) is 20.8. The summed E-state index contributed by atoms with van der Waals surface area (Å²) in [5.74, 6) is -1.37. The molecular formula is C22H20N2O5. The molecule has 0 radical (unpaired) electrons. The number of ether oxygens (including phenoxy) is 1. The van der Waals surface area contributed by atoms with Crippen molar-refractivity contribution in [3.8, 4) is 0 Å². The van der Waals surface area contributed by atoms with Crippen LogP contribution in [0.1, 0.15) is 55.3 Å². The maximum atomic E-state index is 12.7. The molecule has 0 saturated carbocycles. The van der Waals surface area contributed by atoms with Crippen molar-refractivity contribution in [2.45, 2.75) is 19.4 Å². The van der Waals surface area contributed by atoms with Crippen LogP contribution < -0.4 is 0 Å². The van der Waals surface area contributed by atoms with Crippen LogP contribution in [0.2, 0.25) is 0 Å². The Kier molecular flexibility index (Phi) is 4.55. The first-order chi connectivity index (χ1) is 13.8. The molecule has 4 rings (SSSR count). The third-order valence-electron chi connectivity index (χ3n) is 5.19. The molecular weight excluding hydrogens is 372 g/mol. The summed E-state index contributed by atoms with van der Waals surface area (Å²) in [7, 11) is 0. The monoisotopic (exact) mass is 392 g/mol. The second-order valence-corrected chi connectivity index (χ2v) is 7.66. The van der Waals surface area contributed by atoms with Gasteiger partial charge in [0.2, 0.25) is 0 Å². The predicted octanol–water partition coefficient (Wildman–Crippen LogP) is 2.37. The van der Waals surface area contributed by atoms with Gasteiger partial charge in [-0.25, -0.2) is 0 Å². The van der Waals surface area contributed by atoms with Gasteiger partial charge in [-0.05, 0) is 38.1 Å². The molecule has 2 aromatic rings. The smallest absolute Gasteiger partial charge is 0.262 e. The minimum Gasteiger partial charge on any atom is -0.377 e. The number of rotatable bonds is 6. The van der Waals surface area contributed by atoms with E-state index in [1.54, 1.807) is 62.4 Å². The molecule has 0 spiro atoms.